The lowest BCUT2D eigenvalue weighted by atomic mass is 10.0. The highest BCUT2D eigenvalue weighted by molar-refractivity contribution is 7.75. The second-order valence-electron chi connectivity index (χ2n) is 8.45. The second-order valence-corrected chi connectivity index (χ2v) is 11.6. The van der Waals surface area contributed by atoms with Gasteiger partial charge in [-0.2, -0.15) is 0 Å². The molecule has 0 aromatic carbocycles. The van der Waals surface area contributed by atoms with Crippen molar-refractivity contribution in [1.29, 1.82) is 0 Å². The van der Waals surface area contributed by atoms with Gasteiger partial charge in [-0.1, -0.05) is 83.3 Å². The zero-order valence-corrected chi connectivity index (χ0v) is 19.1. The fourth-order valence-corrected chi connectivity index (χ4v) is 6.76. The highest BCUT2D eigenvalue weighted by Crippen LogP contribution is 2.80. The van der Waals surface area contributed by atoms with Crippen LogP contribution in [0.1, 0.15) is 84.0 Å². The van der Waals surface area contributed by atoms with Crippen LogP contribution in [0.4, 0.5) is 0 Å². The highest BCUT2D eigenvalue weighted by Gasteiger charge is 2.81. The Morgan fingerprint density at radius 2 is 1.50 bits per heavy atom. The van der Waals surface area contributed by atoms with E-state index in [0.717, 1.165) is 19.3 Å². The number of aliphatic hydroxyl groups is 3. The summed E-state index contributed by atoms with van der Waals surface area (Å²) in [6.07, 6.45) is 16.3. The average molecular weight is 449 g/mol. The molecule has 0 saturated carbocycles. The van der Waals surface area contributed by atoms with E-state index in [4.69, 9.17) is 16.6 Å². The van der Waals surface area contributed by atoms with Crippen LogP contribution in [-0.2, 0) is 9.36 Å². The standard InChI is InChI=1S/C21H41N2O6P/c1-2-3-4-5-6-7-8-9-10-11-12-13-14-15-16(24)17(22)18(25)30(29)20(28)21(30,23)19(26)27/h14-18,20,24-25,28H,2-13,22-23H2,1H3,(H,26,27)/b15-14+/t16-,17+,18?,20?,21?,30?/m1/s1. The molecule has 1 saturated heterocycles. The van der Waals surface area contributed by atoms with E-state index in [2.05, 4.69) is 6.92 Å². The molecule has 9 heteroatoms. The number of rotatable bonds is 17. The highest BCUT2D eigenvalue weighted by atomic mass is 31.2. The Labute approximate surface area is 180 Å². The van der Waals surface area contributed by atoms with E-state index in [0.29, 0.717) is 0 Å². The van der Waals surface area contributed by atoms with Gasteiger partial charge in [-0.05, 0) is 12.8 Å². The predicted octanol–water partition coefficient (Wildman–Crippen LogP) is 2.68. The van der Waals surface area contributed by atoms with E-state index in [1.54, 1.807) is 6.08 Å². The third kappa shape index (κ3) is 6.62. The zero-order chi connectivity index (χ0) is 22.8. The minimum atomic E-state index is -4.09. The van der Waals surface area contributed by atoms with Crippen LogP contribution in [0.15, 0.2) is 12.2 Å². The summed E-state index contributed by atoms with van der Waals surface area (Å²) in [5.74, 6) is -5.42. The Bertz CT molecular complexity index is 602. The van der Waals surface area contributed by atoms with Gasteiger partial charge in [-0.15, -0.1) is 0 Å². The summed E-state index contributed by atoms with van der Waals surface area (Å²) in [5.41, 5.74) is 11.2. The van der Waals surface area contributed by atoms with Crippen molar-refractivity contribution in [2.45, 2.75) is 113 Å². The van der Waals surface area contributed by atoms with Crippen molar-refractivity contribution in [2.75, 3.05) is 0 Å². The van der Waals surface area contributed by atoms with Crippen LogP contribution in [0.3, 0.4) is 0 Å². The number of carboxylic acid groups (broad SMARTS) is 1. The van der Waals surface area contributed by atoms with Gasteiger partial charge in [-0.25, -0.2) is 4.79 Å². The Morgan fingerprint density at radius 1 is 1.03 bits per heavy atom. The van der Waals surface area contributed by atoms with Gasteiger partial charge < -0.3 is 36.5 Å². The van der Waals surface area contributed by atoms with Crippen molar-refractivity contribution in [3.63, 3.8) is 0 Å². The topological polar surface area (TPSA) is 167 Å². The van der Waals surface area contributed by atoms with Crippen LogP contribution in [0.2, 0.25) is 0 Å². The molecule has 6 atom stereocenters. The number of carboxylic acids is 1. The van der Waals surface area contributed by atoms with E-state index >= 15 is 0 Å². The number of carbonyl (C=O) groups is 1. The third-order valence-electron chi connectivity index (χ3n) is 6.05. The average Bonchev–Trinajstić information content (AvgIpc) is 3.18. The lowest BCUT2D eigenvalue weighted by Crippen LogP contribution is -2.44. The van der Waals surface area contributed by atoms with Gasteiger partial charge in [0.05, 0.1) is 12.1 Å². The molecule has 1 fully saturated rings. The molecule has 8 nitrogen and oxygen atoms in total. The van der Waals surface area contributed by atoms with Gasteiger partial charge in [0.1, 0.15) is 11.7 Å². The molecular weight excluding hydrogens is 407 g/mol. The van der Waals surface area contributed by atoms with Crippen LogP contribution in [-0.4, -0.2) is 55.5 Å². The summed E-state index contributed by atoms with van der Waals surface area (Å²) < 4.78 is 12.6. The monoisotopic (exact) mass is 448 g/mol. The summed E-state index contributed by atoms with van der Waals surface area (Å²) in [5, 5.41) is 36.6. The molecule has 0 radical (unpaired) electrons. The van der Waals surface area contributed by atoms with Gasteiger partial charge in [0.15, 0.2) is 7.14 Å². The molecule has 0 aliphatic carbocycles. The molecule has 176 valence electrons. The zero-order valence-electron chi connectivity index (χ0n) is 18.2. The minimum Gasteiger partial charge on any atom is -0.479 e. The number of allylic oxidation sites excluding steroid dienone is 1. The number of aliphatic carboxylic acids is 1. The first-order chi connectivity index (χ1) is 14.2. The smallest absolute Gasteiger partial charge is 0.334 e. The van der Waals surface area contributed by atoms with Gasteiger partial charge in [-0.3, -0.25) is 0 Å². The van der Waals surface area contributed by atoms with E-state index in [1.807, 2.05) is 0 Å². The van der Waals surface area contributed by atoms with E-state index in [9.17, 15) is 24.7 Å². The van der Waals surface area contributed by atoms with Gasteiger partial charge >= 0.3 is 5.97 Å². The Kier molecular flexibility index (Phi) is 11.8. The largest absolute Gasteiger partial charge is 0.479 e. The van der Waals surface area contributed by atoms with Crippen molar-refractivity contribution in [2.24, 2.45) is 11.5 Å². The Morgan fingerprint density at radius 3 is 1.93 bits per heavy atom. The minimum absolute atomic E-state index is 0.743. The number of unbranched alkanes of at least 4 members (excludes halogenated alkanes) is 11. The molecule has 0 spiro atoms. The van der Waals surface area contributed by atoms with Crippen molar-refractivity contribution >= 4 is 13.1 Å². The number of aliphatic hydroxyl groups excluding tert-OH is 3. The molecule has 4 unspecified atom stereocenters. The number of hydrogen-bond donors (Lipinski definition) is 6. The summed E-state index contributed by atoms with van der Waals surface area (Å²) in [4.78, 5) is 11.1. The summed E-state index contributed by atoms with van der Waals surface area (Å²) in [6, 6.07) is -1.40. The molecule has 1 aliphatic rings. The van der Waals surface area contributed by atoms with Crippen molar-refractivity contribution in [3.05, 3.63) is 12.2 Å². The van der Waals surface area contributed by atoms with Crippen molar-refractivity contribution < 1.29 is 29.8 Å². The normalized spacial score (nSPS) is 29.1. The first-order valence-electron chi connectivity index (χ1n) is 11.2. The van der Waals surface area contributed by atoms with Crippen LogP contribution in [0.25, 0.3) is 0 Å². The molecule has 0 aromatic heterocycles. The van der Waals surface area contributed by atoms with E-state index in [1.165, 1.54) is 63.9 Å². The molecule has 30 heavy (non-hydrogen) atoms. The molecule has 1 aliphatic heterocycles. The molecule has 1 heterocycles. The SMILES string of the molecule is CCCCCCCCCCCCC/C=C/[C@@H](O)[C@H](N)C(O)P1(=O)C(O)C1(N)C(=O)O. The first-order valence-corrected chi connectivity index (χ1v) is 13.1. The third-order valence-corrected chi connectivity index (χ3v) is 9.63. The van der Waals surface area contributed by atoms with Crippen LogP contribution >= 0.6 is 7.14 Å². The lowest BCUT2D eigenvalue weighted by Gasteiger charge is -2.22. The summed E-state index contributed by atoms with van der Waals surface area (Å²) in [6.45, 7) is 2.22. The van der Waals surface area contributed by atoms with E-state index in [-0.39, 0.29) is 0 Å². The molecule has 8 N–H and O–H groups in total. The molecule has 0 aromatic rings. The fraction of sp³-hybridized carbons (Fsp3) is 0.857. The molecule has 0 amide bonds. The van der Waals surface area contributed by atoms with E-state index < -0.39 is 42.2 Å². The van der Waals surface area contributed by atoms with Gasteiger partial charge in [0.2, 0.25) is 5.28 Å². The second kappa shape index (κ2) is 12.9. The maximum atomic E-state index is 12.6. The molecule has 1 rings (SSSR count). The maximum absolute atomic E-state index is 12.6. The lowest BCUT2D eigenvalue weighted by molar-refractivity contribution is -0.139. The molecule has 0 bridgehead atoms. The quantitative estimate of drug-likeness (QED) is 0.112. The van der Waals surface area contributed by atoms with Gasteiger partial charge in [0, 0.05) is 0 Å². The van der Waals surface area contributed by atoms with Crippen LogP contribution in [0, 0.1) is 0 Å². The Hall–Kier alpha value is -0.760. The number of hydrogen-bond acceptors (Lipinski definition) is 7. The fourth-order valence-electron chi connectivity index (χ4n) is 3.76. The maximum Gasteiger partial charge on any atom is 0.334 e. The summed E-state index contributed by atoms with van der Waals surface area (Å²) in [7, 11) is -4.09. The predicted molar refractivity (Wildman–Crippen MR) is 118 cm³/mol. The molecular formula is C21H41N2O6P. The van der Waals surface area contributed by atoms with Gasteiger partial charge in [0.25, 0.3) is 0 Å². The van der Waals surface area contributed by atoms with Crippen LogP contribution < -0.4 is 11.5 Å². The van der Waals surface area contributed by atoms with Crippen LogP contribution in [0.5, 0.6) is 0 Å². The van der Waals surface area contributed by atoms with Crippen molar-refractivity contribution in [3.8, 4) is 0 Å². The Balaban J connectivity index is 2.19. The summed E-state index contributed by atoms with van der Waals surface area (Å²) >= 11 is 0. The van der Waals surface area contributed by atoms with Crippen molar-refractivity contribution in [1.82, 2.24) is 0 Å². The first kappa shape index (κ1) is 27.3. The number of nitrogens with two attached hydrogens (primary N) is 2.